The maximum atomic E-state index is 5.87. The van der Waals surface area contributed by atoms with Gasteiger partial charge in [-0.3, -0.25) is 4.98 Å². The zero-order chi connectivity index (χ0) is 12.8. The number of rotatable bonds is 2. The highest BCUT2D eigenvalue weighted by atomic mass is 35.5. The average Bonchev–Trinajstić information content (AvgIpc) is 3.07. The summed E-state index contributed by atoms with van der Waals surface area (Å²) in [6, 6.07) is 5.97. The van der Waals surface area contributed by atoms with Crippen LogP contribution in [0.1, 0.15) is 29.5 Å². The Morgan fingerprint density at radius 2 is 2.05 bits per heavy atom. The van der Waals surface area contributed by atoms with E-state index < -0.39 is 0 Å². The highest BCUT2D eigenvalue weighted by Gasteiger charge is 2.41. The first-order chi connectivity index (χ1) is 9.33. The van der Waals surface area contributed by atoms with Crippen LogP contribution in [0.4, 0.5) is 0 Å². The molecule has 5 heteroatoms. The molecule has 0 radical (unpaired) electrons. The Bertz CT molecular complexity index is 735. The quantitative estimate of drug-likeness (QED) is 0.719. The third-order valence-corrected chi connectivity index (χ3v) is 3.87. The summed E-state index contributed by atoms with van der Waals surface area (Å²) in [6.45, 7) is 0. The van der Waals surface area contributed by atoms with Crippen LogP contribution in [0.5, 0.6) is 0 Å². The second-order valence-corrected chi connectivity index (χ2v) is 5.27. The predicted octanol–water partition coefficient (Wildman–Crippen LogP) is 3.05. The van der Waals surface area contributed by atoms with Gasteiger partial charge < -0.3 is 0 Å². The van der Waals surface area contributed by atoms with Crippen molar-refractivity contribution >= 4 is 17.2 Å². The topological polar surface area (TPSA) is 43.1 Å². The van der Waals surface area contributed by atoms with E-state index >= 15 is 0 Å². The van der Waals surface area contributed by atoms with Crippen LogP contribution in [0.15, 0.2) is 43.0 Å². The number of halogens is 1. The van der Waals surface area contributed by atoms with Gasteiger partial charge in [-0.05, 0) is 30.5 Å². The minimum Gasteiger partial charge on any atom is -0.259 e. The average molecular weight is 271 g/mol. The number of aromatic nitrogens is 4. The molecule has 2 atom stereocenters. The van der Waals surface area contributed by atoms with Crippen molar-refractivity contribution in [3.05, 3.63) is 59.3 Å². The Morgan fingerprint density at radius 3 is 2.89 bits per heavy atom. The molecular weight excluding hydrogens is 260 g/mol. The van der Waals surface area contributed by atoms with Crippen molar-refractivity contribution in [2.45, 2.75) is 18.3 Å². The second kappa shape index (κ2) is 4.03. The molecule has 4 nitrogen and oxygen atoms in total. The van der Waals surface area contributed by atoms with Crippen LogP contribution < -0.4 is 0 Å². The molecule has 0 saturated heterocycles. The molecule has 0 spiro atoms. The molecule has 3 heterocycles. The normalized spacial score (nSPS) is 21.7. The molecule has 1 aliphatic carbocycles. The van der Waals surface area contributed by atoms with Gasteiger partial charge in [0.2, 0.25) is 0 Å². The molecule has 0 aliphatic heterocycles. The Labute approximate surface area is 115 Å². The number of fused-ring (bicyclic) bond motifs is 1. The summed E-state index contributed by atoms with van der Waals surface area (Å²) in [4.78, 5) is 8.79. The first-order valence-corrected chi connectivity index (χ1v) is 6.60. The van der Waals surface area contributed by atoms with Gasteiger partial charge in [-0.25, -0.2) is 9.50 Å². The van der Waals surface area contributed by atoms with E-state index in [1.54, 1.807) is 12.4 Å². The summed E-state index contributed by atoms with van der Waals surface area (Å²) in [5.41, 5.74) is 3.31. The Balaban J connectivity index is 1.69. The molecule has 1 aliphatic rings. The van der Waals surface area contributed by atoms with Gasteiger partial charge in [-0.2, -0.15) is 5.10 Å². The maximum absolute atomic E-state index is 5.87. The number of hydrogen-bond acceptors (Lipinski definition) is 3. The van der Waals surface area contributed by atoms with Crippen LogP contribution >= 0.6 is 11.6 Å². The van der Waals surface area contributed by atoms with Crippen molar-refractivity contribution in [1.29, 1.82) is 0 Å². The summed E-state index contributed by atoms with van der Waals surface area (Å²) in [5, 5.41) is 4.92. The van der Waals surface area contributed by atoms with E-state index in [2.05, 4.69) is 21.1 Å². The number of nitrogens with zero attached hydrogens (tertiary/aromatic N) is 4. The van der Waals surface area contributed by atoms with Gasteiger partial charge in [0.05, 0.1) is 5.02 Å². The van der Waals surface area contributed by atoms with Gasteiger partial charge >= 0.3 is 0 Å². The molecule has 3 aromatic heterocycles. The van der Waals surface area contributed by atoms with E-state index in [0.29, 0.717) is 16.9 Å². The molecule has 1 fully saturated rings. The van der Waals surface area contributed by atoms with Gasteiger partial charge in [0.1, 0.15) is 0 Å². The molecule has 0 amide bonds. The minimum atomic E-state index is 0.472. The SMILES string of the molecule is Clc1ccc([C@H]2C[C@@H]2c2ccnn3ccnc23)nc1. The van der Waals surface area contributed by atoms with E-state index in [1.807, 2.05) is 29.0 Å². The van der Waals surface area contributed by atoms with Crippen LogP contribution in [0.25, 0.3) is 5.65 Å². The van der Waals surface area contributed by atoms with E-state index in [1.165, 1.54) is 5.56 Å². The molecule has 19 heavy (non-hydrogen) atoms. The standard InChI is InChI=1S/C14H11ClN4/c15-9-1-2-13(17-8-9)12-7-11(12)10-3-4-18-19-6-5-16-14(10)19/h1-6,8,11-12H,7H2/t11-,12+/m1/s1. The fourth-order valence-electron chi connectivity index (χ4n) is 2.62. The largest absolute Gasteiger partial charge is 0.259 e. The van der Waals surface area contributed by atoms with Crippen molar-refractivity contribution in [1.82, 2.24) is 19.6 Å². The molecule has 0 N–H and O–H groups in total. The van der Waals surface area contributed by atoms with Crippen molar-refractivity contribution in [3.8, 4) is 0 Å². The van der Waals surface area contributed by atoms with E-state index in [4.69, 9.17) is 11.6 Å². The van der Waals surface area contributed by atoms with Gasteiger partial charge in [0.25, 0.3) is 0 Å². The van der Waals surface area contributed by atoms with Crippen LogP contribution in [-0.2, 0) is 0 Å². The van der Waals surface area contributed by atoms with Gasteiger partial charge in [0, 0.05) is 42.0 Å². The zero-order valence-corrected chi connectivity index (χ0v) is 10.8. The summed E-state index contributed by atoms with van der Waals surface area (Å²) >= 11 is 5.87. The van der Waals surface area contributed by atoms with E-state index in [-0.39, 0.29) is 0 Å². The fourth-order valence-corrected chi connectivity index (χ4v) is 2.73. The molecule has 94 valence electrons. The van der Waals surface area contributed by atoms with E-state index in [0.717, 1.165) is 17.8 Å². The molecular formula is C14H11ClN4. The number of pyridine rings is 1. The van der Waals surface area contributed by atoms with Crippen LogP contribution in [0, 0.1) is 0 Å². The van der Waals surface area contributed by atoms with Gasteiger partial charge in [0.15, 0.2) is 5.65 Å². The monoisotopic (exact) mass is 270 g/mol. The third kappa shape index (κ3) is 1.79. The summed E-state index contributed by atoms with van der Waals surface area (Å²) in [5.74, 6) is 0.960. The molecule has 0 aromatic carbocycles. The lowest BCUT2D eigenvalue weighted by atomic mass is 10.1. The first-order valence-electron chi connectivity index (χ1n) is 6.22. The number of hydrogen-bond donors (Lipinski definition) is 0. The lowest BCUT2D eigenvalue weighted by Crippen LogP contribution is -1.95. The molecule has 3 aromatic rings. The maximum Gasteiger partial charge on any atom is 0.156 e. The minimum absolute atomic E-state index is 0.472. The van der Waals surface area contributed by atoms with Gasteiger partial charge in [-0.1, -0.05) is 11.6 Å². The lowest BCUT2D eigenvalue weighted by Gasteiger charge is -2.02. The Morgan fingerprint density at radius 1 is 1.11 bits per heavy atom. The molecule has 1 saturated carbocycles. The van der Waals surface area contributed by atoms with Crippen molar-refractivity contribution in [2.24, 2.45) is 0 Å². The van der Waals surface area contributed by atoms with Crippen LogP contribution in [0.3, 0.4) is 0 Å². The summed E-state index contributed by atoms with van der Waals surface area (Å²) in [7, 11) is 0. The number of imidazole rings is 1. The third-order valence-electron chi connectivity index (χ3n) is 3.65. The molecule has 4 rings (SSSR count). The second-order valence-electron chi connectivity index (χ2n) is 4.83. The lowest BCUT2D eigenvalue weighted by molar-refractivity contribution is 0.899. The first kappa shape index (κ1) is 10.9. The Kier molecular flexibility index (Phi) is 2.32. The van der Waals surface area contributed by atoms with Crippen molar-refractivity contribution in [2.75, 3.05) is 0 Å². The van der Waals surface area contributed by atoms with Crippen molar-refractivity contribution < 1.29 is 0 Å². The van der Waals surface area contributed by atoms with Crippen molar-refractivity contribution in [3.63, 3.8) is 0 Å². The molecule has 0 unspecified atom stereocenters. The van der Waals surface area contributed by atoms with Crippen LogP contribution in [0.2, 0.25) is 5.02 Å². The van der Waals surface area contributed by atoms with Gasteiger partial charge in [-0.15, -0.1) is 0 Å². The summed E-state index contributed by atoms with van der Waals surface area (Å²) < 4.78 is 1.82. The predicted molar refractivity (Wildman–Crippen MR) is 72.3 cm³/mol. The Hall–Kier alpha value is -1.94. The summed E-state index contributed by atoms with van der Waals surface area (Å²) in [6.07, 6.45) is 8.31. The highest BCUT2D eigenvalue weighted by Crippen LogP contribution is 2.54. The fraction of sp³-hybridized carbons (Fsp3) is 0.214. The highest BCUT2D eigenvalue weighted by molar-refractivity contribution is 6.30. The van der Waals surface area contributed by atoms with Crippen LogP contribution in [-0.4, -0.2) is 19.6 Å². The molecule has 0 bridgehead atoms. The van der Waals surface area contributed by atoms with E-state index in [9.17, 15) is 0 Å². The smallest absolute Gasteiger partial charge is 0.156 e. The zero-order valence-electron chi connectivity index (χ0n) is 10.1.